The van der Waals surface area contributed by atoms with Crippen molar-refractivity contribution >= 4 is 10.1 Å². The van der Waals surface area contributed by atoms with Crippen LogP contribution >= 0.6 is 0 Å². The lowest BCUT2D eigenvalue weighted by Gasteiger charge is -2.30. The molecule has 5 heteroatoms. The fourth-order valence-electron chi connectivity index (χ4n) is 3.66. The van der Waals surface area contributed by atoms with E-state index in [9.17, 15) is 13.0 Å². The van der Waals surface area contributed by atoms with Crippen molar-refractivity contribution in [3.05, 3.63) is 0 Å². The van der Waals surface area contributed by atoms with Gasteiger partial charge in [0.2, 0.25) is 0 Å². The van der Waals surface area contributed by atoms with E-state index in [0.29, 0.717) is 6.42 Å². The van der Waals surface area contributed by atoms with Gasteiger partial charge in [-0.3, -0.25) is 0 Å². The van der Waals surface area contributed by atoms with Gasteiger partial charge in [0, 0.05) is 12.2 Å². The van der Waals surface area contributed by atoms with Crippen LogP contribution in [0.4, 0.5) is 0 Å². The molecule has 0 aromatic carbocycles. The molecule has 0 aromatic heterocycles. The van der Waals surface area contributed by atoms with Gasteiger partial charge in [-0.2, -0.15) is 0 Å². The summed E-state index contributed by atoms with van der Waals surface area (Å²) in [5.74, 6) is 1.44. The molecule has 0 aliphatic rings. The molecule has 0 saturated heterocycles. The van der Waals surface area contributed by atoms with Crippen molar-refractivity contribution in [1.82, 2.24) is 0 Å². The smallest absolute Gasteiger partial charge is 0.0948 e. The summed E-state index contributed by atoms with van der Waals surface area (Å²) >= 11 is 0. The Balaban J connectivity index is 3.72. The fraction of sp³-hybridized carbons (Fsp3) is 1.00. The van der Waals surface area contributed by atoms with Gasteiger partial charge in [-0.05, 0) is 31.1 Å². The highest BCUT2D eigenvalue weighted by Gasteiger charge is 2.15. The normalized spacial score (nSPS) is 15.3. The summed E-state index contributed by atoms with van der Waals surface area (Å²) in [7, 11) is 0.183. The number of rotatable bonds is 16. The Bertz CT molecular complexity index is 421. The predicted octanol–water partition coefficient (Wildman–Crippen LogP) is 4.80. The van der Waals surface area contributed by atoms with E-state index in [1.807, 2.05) is 0 Å². The van der Waals surface area contributed by atoms with Crippen LogP contribution in [-0.4, -0.2) is 50.4 Å². The van der Waals surface area contributed by atoms with E-state index in [1.54, 1.807) is 0 Å². The van der Waals surface area contributed by atoms with E-state index in [1.165, 1.54) is 57.8 Å². The van der Waals surface area contributed by atoms with Crippen molar-refractivity contribution in [2.75, 3.05) is 32.9 Å². The van der Waals surface area contributed by atoms with E-state index in [2.05, 4.69) is 34.9 Å². The Morgan fingerprint density at radius 3 is 1.88 bits per heavy atom. The monoisotopic (exact) mass is 377 g/mol. The van der Waals surface area contributed by atoms with Crippen molar-refractivity contribution in [3.63, 3.8) is 0 Å². The maximum atomic E-state index is 10.7. The molecule has 0 aliphatic heterocycles. The van der Waals surface area contributed by atoms with Crippen LogP contribution in [0.2, 0.25) is 0 Å². The highest BCUT2D eigenvalue weighted by molar-refractivity contribution is 7.85. The SMILES string of the molecule is CCCCCC(C)CC(C)CCCCC[N+](C)(C)CCCS(=O)(=O)[O-]. The minimum atomic E-state index is -4.06. The summed E-state index contributed by atoms with van der Waals surface area (Å²) in [6, 6.07) is 0. The van der Waals surface area contributed by atoms with E-state index < -0.39 is 10.1 Å². The molecule has 0 aromatic rings. The lowest BCUT2D eigenvalue weighted by Crippen LogP contribution is -2.41. The lowest BCUT2D eigenvalue weighted by atomic mass is 9.89. The molecule has 0 spiro atoms. The van der Waals surface area contributed by atoms with Gasteiger partial charge in [0.25, 0.3) is 0 Å². The number of hydrogen-bond donors (Lipinski definition) is 0. The standard InChI is InChI=1S/C20H43NO3S/c1-6-7-9-13-19(2)18-20(3)14-10-8-11-15-21(4,5)16-12-17-25(22,23)24/h19-20H,6-18H2,1-5H3. The average molecular weight is 378 g/mol. The first-order valence-electron chi connectivity index (χ1n) is 10.3. The third-order valence-electron chi connectivity index (χ3n) is 5.22. The highest BCUT2D eigenvalue weighted by Crippen LogP contribution is 2.22. The first kappa shape index (κ1) is 24.9. The topological polar surface area (TPSA) is 57.2 Å². The van der Waals surface area contributed by atoms with Gasteiger partial charge < -0.3 is 9.04 Å². The molecule has 0 saturated carbocycles. The fourth-order valence-corrected chi connectivity index (χ4v) is 4.14. The minimum Gasteiger partial charge on any atom is -0.748 e. The van der Waals surface area contributed by atoms with Gasteiger partial charge >= 0.3 is 0 Å². The Hall–Kier alpha value is -0.130. The lowest BCUT2D eigenvalue weighted by molar-refractivity contribution is -0.890. The van der Waals surface area contributed by atoms with E-state index in [-0.39, 0.29) is 5.75 Å². The highest BCUT2D eigenvalue weighted by atomic mass is 32.2. The summed E-state index contributed by atoms with van der Waals surface area (Å²) in [6.45, 7) is 8.86. The van der Waals surface area contributed by atoms with E-state index in [4.69, 9.17) is 0 Å². The zero-order valence-corrected chi connectivity index (χ0v) is 18.2. The first-order chi connectivity index (χ1) is 11.6. The van der Waals surface area contributed by atoms with Gasteiger partial charge in [-0.1, -0.05) is 59.3 Å². The van der Waals surface area contributed by atoms with Crippen LogP contribution in [0.3, 0.4) is 0 Å². The Kier molecular flexibility index (Phi) is 13.0. The Morgan fingerprint density at radius 1 is 0.840 bits per heavy atom. The Morgan fingerprint density at radius 2 is 1.36 bits per heavy atom. The van der Waals surface area contributed by atoms with E-state index in [0.717, 1.165) is 29.4 Å². The van der Waals surface area contributed by atoms with Crippen molar-refractivity contribution in [1.29, 1.82) is 0 Å². The molecule has 152 valence electrons. The Labute approximate surface area is 157 Å². The molecule has 2 atom stereocenters. The van der Waals surface area contributed by atoms with Crippen LogP contribution in [0.5, 0.6) is 0 Å². The van der Waals surface area contributed by atoms with Gasteiger partial charge in [0.1, 0.15) is 0 Å². The van der Waals surface area contributed by atoms with Crippen LogP contribution in [0.25, 0.3) is 0 Å². The molecule has 0 N–H and O–H groups in total. The number of unbranched alkanes of at least 4 members (excludes halogenated alkanes) is 4. The molecule has 0 amide bonds. The zero-order chi connectivity index (χ0) is 19.3. The van der Waals surface area contributed by atoms with Crippen LogP contribution in [0, 0.1) is 11.8 Å². The van der Waals surface area contributed by atoms with Crippen molar-refractivity contribution in [3.8, 4) is 0 Å². The van der Waals surface area contributed by atoms with Crippen molar-refractivity contribution in [2.45, 2.75) is 85.0 Å². The summed E-state index contributed by atoms with van der Waals surface area (Å²) in [4.78, 5) is 0. The third-order valence-corrected chi connectivity index (χ3v) is 6.01. The van der Waals surface area contributed by atoms with Crippen LogP contribution in [0.15, 0.2) is 0 Å². The molecule has 0 heterocycles. The molecule has 0 aliphatic carbocycles. The van der Waals surface area contributed by atoms with Crippen molar-refractivity contribution < 1.29 is 17.5 Å². The zero-order valence-electron chi connectivity index (χ0n) is 17.4. The summed E-state index contributed by atoms with van der Waals surface area (Å²) < 4.78 is 32.8. The van der Waals surface area contributed by atoms with E-state index >= 15 is 0 Å². The first-order valence-corrected chi connectivity index (χ1v) is 11.9. The maximum absolute atomic E-state index is 10.7. The predicted molar refractivity (Wildman–Crippen MR) is 107 cm³/mol. The van der Waals surface area contributed by atoms with Crippen LogP contribution < -0.4 is 0 Å². The summed E-state index contributed by atoms with van der Waals surface area (Å²) in [5, 5.41) is 0. The molecular formula is C20H43NO3S. The van der Waals surface area contributed by atoms with Crippen LogP contribution in [-0.2, 0) is 10.1 Å². The molecule has 4 nitrogen and oxygen atoms in total. The van der Waals surface area contributed by atoms with Crippen LogP contribution in [0.1, 0.15) is 85.0 Å². The number of quaternary nitrogens is 1. The molecule has 25 heavy (non-hydrogen) atoms. The molecule has 2 unspecified atom stereocenters. The summed E-state index contributed by atoms with van der Waals surface area (Å²) in [5.41, 5.74) is 0. The molecule has 0 radical (unpaired) electrons. The summed E-state index contributed by atoms with van der Waals surface area (Å²) in [6.07, 6.45) is 12.3. The average Bonchev–Trinajstić information content (AvgIpc) is 2.45. The second-order valence-corrected chi connectivity index (χ2v) is 10.3. The quantitative estimate of drug-likeness (QED) is 0.220. The van der Waals surface area contributed by atoms with Gasteiger partial charge in [0.15, 0.2) is 0 Å². The molecule has 0 bridgehead atoms. The maximum Gasteiger partial charge on any atom is 0.0948 e. The second-order valence-electron chi connectivity index (χ2n) is 8.79. The molecule has 0 fully saturated rings. The number of nitrogens with zero attached hydrogens (tertiary/aromatic N) is 1. The largest absolute Gasteiger partial charge is 0.748 e. The number of hydrogen-bond acceptors (Lipinski definition) is 3. The van der Waals surface area contributed by atoms with Gasteiger partial charge in [-0.15, -0.1) is 0 Å². The minimum absolute atomic E-state index is 0.233. The van der Waals surface area contributed by atoms with Crippen molar-refractivity contribution in [2.24, 2.45) is 11.8 Å². The molecular weight excluding hydrogens is 334 g/mol. The second kappa shape index (κ2) is 13.1. The third kappa shape index (κ3) is 17.1. The van der Waals surface area contributed by atoms with Gasteiger partial charge in [-0.25, -0.2) is 8.42 Å². The van der Waals surface area contributed by atoms with Gasteiger partial charge in [0.05, 0.1) is 37.3 Å². The molecule has 0 rings (SSSR count).